The van der Waals surface area contributed by atoms with Crippen LogP contribution in [-0.4, -0.2) is 45.0 Å². The van der Waals surface area contributed by atoms with Crippen molar-refractivity contribution in [3.8, 4) is 5.69 Å². The van der Waals surface area contributed by atoms with Crippen LogP contribution in [0.2, 0.25) is 0 Å². The summed E-state index contributed by atoms with van der Waals surface area (Å²) in [7, 11) is 3.06. The minimum absolute atomic E-state index is 0.0392. The second-order valence-corrected chi connectivity index (χ2v) is 7.38. The van der Waals surface area contributed by atoms with Crippen molar-refractivity contribution in [1.82, 2.24) is 25.1 Å². The van der Waals surface area contributed by atoms with Crippen molar-refractivity contribution < 1.29 is 31.1 Å². The third kappa shape index (κ3) is 5.38. The molecule has 0 aliphatic heterocycles. The number of carbonyl (C=O) groups excluding carboxylic acids is 1. The summed E-state index contributed by atoms with van der Waals surface area (Å²) in [6.07, 6.45) is -8.96. The topological polar surface area (TPSA) is 63.9 Å². The Morgan fingerprint density at radius 1 is 0.939 bits per heavy atom. The van der Waals surface area contributed by atoms with Gasteiger partial charge in [-0.1, -0.05) is 17.7 Å². The van der Waals surface area contributed by atoms with Gasteiger partial charge in [-0.3, -0.25) is 4.79 Å². The predicted octanol–water partition coefficient (Wildman–Crippen LogP) is 4.79. The van der Waals surface area contributed by atoms with Crippen molar-refractivity contribution in [3.63, 3.8) is 0 Å². The molecule has 3 aromatic rings. The Kier molecular flexibility index (Phi) is 6.30. The summed E-state index contributed by atoms with van der Waals surface area (Å²) in [4.78, 5) is 14.6. The van der Waals surface area contributed by atoms with Crippen molar-refractivity contribution in [1.29, 1.82) is 0 Å². The fourth-order valence-corrected chi connectivity index (χ4v) is 2.93. The van der Waals surface area contributed by atoms with Gasteiger partial charge in [0.2, 0.25) is 0 Å². The molecule has 0 saturated heterocycles. The number of aromatic nitrogens is 4. The molecule has 0 saturated carbocycles. The highest BCUT2D eigenvalue weighted by atomic mass is 19.4. The minimum Gasteiger partial charge on any atom is -0.383 e. The Morgan fingerprint density at radius 3 is 1.97 bits per heavy atom. The molecule has 12 heteroatoms. The van der Waals surface area contributed by atoms with E-state index >= 15 is 0 Å². The van der Waals surface area contributed by atoms with Crippen molar-refractivity contribution in [2.45, 2.75) is 19.3 Å². The number of alkyl halides is 6. The number of rotatable bonds is 5. The zero-order valence-electron chi connectivity index (χ0n) is 17.5. The lowest BCUT2D eigenvalue weighted by atomic mass is 9.97. The number of benzene rings is 2. The molecular formula is C21H17F6N5O. The van der Waals surface area contributed by atoms with E-state index in [1.165, 1.54) is 29.9 Å². The highest BCUT2D eigenvalue weighted by Gasteiger charge is 2.38. The average Bonchev–Trinajstić information content (AvgIpc) is 3.20. The number of allylic oxidation sites excluding steroid dienone is 1. The van der Waals surface area contributed by atoms with Gasteiger partial charge in [0, 0.05) is 25.9 Å². The van der Waals surface area contributed by atoms with Gasteiger partial charge >= 0.3 is 12.4 Å². The predicted molar refractivity (Wildman–Crippen MR) is 106 cm³/mol. The van der Waals surface area contributed by atoms with E-state index in [4.69, 9.17) is 0 Å². The molecule has 2 aromatic carbocycles. The number of Topliss-reactive ketones (excluding diaryl/α,β-unsaturated/α-hetero) is 1. The van der Waals surface area contributed by atoms with E-state index in [9.17, 15) is 31.1 Å². The highest BCUT2D eigenvalue weighted by Crippen LogP contribution is 2.37. The zero-order chi connectivity index (χ0) is 24.6. The number of tetrazole rings is 1. The molecule has 1 heterocycles. The van der Waals surface area contributed by atoms with Gasteiger partial charge in [-0.25, -0.2) is 0 Å². The summed E-state index contributed by atoms with van der Waals surface area (Å²) < 4.78 is 80.8. The molecule has 3 rings (SSSR count). The summed E-state index contributed by atoms with van der Waals surface area (Å²) in [5, 5.41) is 11.1. The normalized spacial score (nSPS) is 12.7. The third-order valence-electron chi connectivity index (χ3n) is 4.47. The Balaban J connectivity index is 2.18. The van der Waals surface area contributed by atoms with E-state index in [0.717, 1.165) is 5.56 Å². The van der Waals surface area contributed by atoms with Crippen LogP contribution in [-0.2, 0) is 12.4 Å². The highest BCUT2D eigenvalue weighted by molar-refractivity contribution is 6.28. The summed E-state index contributed by atoms with van der Waals surface area (Å²) in [5.41, 5.74) is -2.91. The summed E-state index contributed by atoms with van der Waals surface area (Å²) in [5.74, 6) is -1.26. The van der Waals surface area contributed by atoms with E-state index in [-0.39, 0.29) is 17.5 Å². The van der Waals surface area contributed by atoms with Crippen LogP contribution in [0.15, 0.2) is 48.7 Å². The standard InChI is InChI=1S/C21H17F6N5O/c1-12-4-6-16(7-5-12)32-19(28-29-30-32)17(11-31(2)3)18(33)13-8-14(20(22,23)24)10-15(9-13)21(25,26)27/h4-11H,1-3H3. The van der Waals surface area contributed by atoms with Gasteiger partial charge in [0.15, 0.2) is 11.6 Å². The lowest BCUT2D eigenvalue weighted by molar-refractivity contribution is -0.143. The number of nitrogens with zero attached hydrogens (tertiary/aromatic N) is 5. The number of halogens is 6. The van der Waals surface area contributed by atoms with E-state index in [1.54, 1.807) is 24.3 Å². The number of ketones is 1. The van der Waals surface area contributed by atoms with Crippen LogP contribution < -0.4 is 0 Å². The second kappa shape index (κ2) is 8.68. The number of hydrogen-bond acceptors (Lipinski definition) is 5. The fourth-order valence-electron chi connectivity index (χ4n) is 2.93. The maximum atomic E-state index is 13.3. The Morgan fingerprint density at radius 2 is 1.48 bits per heavy atom. The fraction of sp³-hybridized carbons (Fsp3) is 0.238. The second-order valence-electron chi connectivity index (χ2n) is 7.38. The van der Waals surface area contributed by atoms with Crippen LogP contribution in [0, 0.1) is 6.92 Å². The van der Waals surface area contributed by atoms with Crippen LogP contribution >= 0.6 is 0 Å². The molecule has 0 N–H and O–H groups in total. The van der Waals surface area contributed by atoms with Gasteiger partial charge in [0.05, 0.1) is 22.4 Å². The van der Waals surface area contributed by atoms with Gasteiger partial charge in [-0.15, -0.1) is 5.10 Å². The Labute approximate surface area is 184 Å². The molecule has 0 amide bonds. The Bertz CT molecular complexity index is 1160. The summed E-state index contributed by atoms with van der Waals surface area (Å²) in [6, 6.07) is 7.52. The minimum atomic E-state index is -5.09. The van der Waals surface area contributed by atoms with Gasteiger partial charge in [-0.05, 0) is 47.7 Å². The van der Waals surface area contributed by atoms with Gasteiger partial charge in [0.25, 0.3) is 0 Å². The van der Waals surface area contributed by atoms with Crippen molar-refractivity contribution in [3.05, 3.63) is 76.7 Å². The molecule has 33 heavy (non-hydrogen) atoms. The molecule has 0 radical (unpaired) electrons. The lowest BCUT2D eigenvalue weighted by Gasteiger charge is -2.15. The lowest BCUT2D eigenvalue weighted by Crippen LogP contribution is -2.17. The van der Waals surface area contributed by atoms with Crippen molar-refractivity contribution in [2.75, 3.05) is 14.1 Å². The quantitative estimate of drug-likeness (QED) is 0.305. The molecule has 174 valence electrons. The summed E-state index contributed by atoms with van der Waals surface area (Å²) >= 11 is 0. The average molecular weight is 469 g/mol. The molecule has 0 fully saturated rings. The molecule has 0 bridgehead atoms. The SMILES string of the molecule is Cc1ccc(-n2nnnc2C(=CN(C)C)C(=O)c2cc(C(F)(F)F)cc(C(F)(F)F)c2)cc1. The van der Waals surface area contributed by atoms with E-state index < -0.39 is 34.8 Å². The first-order chi connectivity index (χ1) is 15.3. The molecule has 0 atom stereocenters. The summed E-state index contributed by atoms with van der Waals surface area (Å²) in [6.45, 7) is 1.84. The van der Waals surface area contributed by atoms with Crippen molar-refractivity contribution >= 4 is 11.4 Å². The van der Waals surface area contributed by atoms with Gasteiger partial charge in [0.1, 0.15) is 0 Å². The molecule has 0 aliphatic rings. The maximum absolute atomic E-state index is 13.3. The first-order valence-electron chi connectivity index (χ1n) is 9.35. The van der Waals surface area contributed by atoms with E-state index in [1.807, 2.05) is 6.92 Å². The van der Waals surface area contributed by atoms with Crippen molar-refractivity contribution in [2.24, 2.45) is 0 Å². The molecule has 0 unspecified atom stereocenters. The first-order valence-corrected chi connectivity index (χ1v) is 9.35. The third-order valence-corrected chi connectivity index (χ3v) is 4.47. The Hall–Kier alpha value is -3.70. The zero-order valence-corrected chi connectivity index (χ0v) is 17.5. The number of carbonyl (C=O) groups is 1. The molecular weight excluding hydrogens is 452 g/mol. The van der Waals surface area contributed by atoms with Crippen LogP contribution in [0.3, 0.4) is 0 Å². The molecule has 0 spiro atoms. The van der Waals surface area contributed by atoms with Crippen LogP contribution in [0.5, 0.6) is 0 Å². The van der Waals surface area contributed by atoms with Gasteiger partial charge in [-0.2, -0.15) is 31.0 Å². The smallest absolute Gasteiger partial charge is 0.383 e. The van der Waals surface area contributed by atoms with E-state index in [0.29, 0.717) is 17.8 Å². The van der Waals surface area contributed by atoms with Crippen LogP contribution in [0.25, 0.3) is 11.3 Å². The largest absolute Gasteiger partial charge is 0.416 e. The van der Waals surface area contributed by atoms with Crippen LogP contribution in [0.1, 0.15) is 32.9 Å². The molecule has 0 aliphatic carbocycles. The first kappa shape index (κ1) is 24.0. The number of aryl methyl sites for hydroxylation is 1. The van der Waals surface area contributed by atoms with Gasteiger partial charge < -0.3 is 4.90 Å². The monoisotopic (exact) mass is 469 g/mol. The van der Waals surface area contributed by atoms with Crippen LogP contribution in [0.4, 0.5) is 26.3 Å². The maximum Gasteiger partial charge on any atom is 0.416 e. The molecule has 1 aromatic heterocycles. The van der Waals surface area contributed by atoms with E-state index in [2.05, 4.69) is 15.5 Å². The number of hydrogen-bond donors (Lipinski definition) is 0. The molecule has 6 nitrogen and oxygen atoms in total.